The second kappa shape index (κ2) is 21.6. The van der Waals surface area contributed by atoms with Crippen LogP contribution in [-0.2, 0) is 27.9 Å². The molecule has 1 aromatic heterocycles. The van der Waals surface area contributed by atoms with Gasteiger partial charge in [-0.3, -0.25) is 9.79 Å². The zero-order valence-corrected chi connectivity index (χ0v) is 26.0. The van der Waals surface area contributed by atoms with Crippen LogP contribution >= 0.6 is 15.9 Å². The number of carbonyl (C=O) groups is 1. The summed E-state index contributed by atoms with van der Waals surface area (Å²) >= 11 is 2.94. The Kier molecular flexibility index (Phi) is 20.3. The van der Waals surface area contributed by atoms with E-state index in [0.717, 1.165) is 54.3 Å². The fourth-order valence-electron chi connectivity index (χ4n) is 3.37. The van der Waals surface area contributed by atoms with Crippen LogP contribution in [0.4, 0.5) is 5.95 Å². The minimum atomic E-state index is -0.206. The standard InChI is InChI=1S/C15H22N4O.C7H13NO.C4H7BrO2.C2H6/c1-19-14-9-11(10-20-2)3-4-13(14)18-15(19)17-12-5-7-16-8-6-12;1-4-6(2)8-7(3)5-9;1-2-7-4(6)3-5;1-2/h3-4,9,12,16H,5-8,10H2,1-2H3,(H,17,18);4,9H,5H2,1-3H3;2-3H2,1H3;1-2H3/b;6-4-,8-7?;;. The molecule has 1 aromatic carbocycles. The third-order valence-electron chi connectivity index (χ3n) is 5.36. The average molecular weight is 599 g/mol. The number of esters is 1. The maximum absolute atomic E-state index is 10.1. The molecule has 1 fully saturated rings. The fraction of sp³-hybridized carbons (Fsp3) is 0.607. The molecule has 3 N–H and O–H groups in total. The van der Waals surface area contributed by atoms with Gasteiger partial charge in [-0.05, 0) is 71.3 Å². The molecule has 1 aliphatic heterocycles. The number of hydrogen-bond acceptors (Lipinski definition) is 8. The Morgan fingerprint density at radius 2 is 1.97 bits per heavy atom. The van der Waals surface area contributed by atoms with Crippen LogP contribution < -0.4 is 10.6 Å². The molecular formula is C28H48BrN5O4. The van der Waals surface area contributed by atoms with E-state index in [2.05, 4.69) is 66.1 Å². The number of aromatic nitrogens is 2. The lowest BCUT2D eigenvalue weighted by Crippen LogP contribution is -2.35. The monoisotopic (exact) mass is 597 g/mol. The largest absolute Gasteiger partial charge is 0.465 e. The van der Waals surface area contributed by atoms with Gasteiger partial charge in [0.1, 0.15) is 5.33 Å². The molecule has 38 heavy (non-hydrogen) atoms. The van der Waals surface area contributed by atoms with Gasteiger partial charge in [-0.15, -0.1) is 0 Å². The van der Waals surface area contributed by atoms with Gasteiger partial charge < -0.3 is 29.8 Å². The van der Waals surface area contributed by atoms with Crippen molar-refractivity contribution in [3.05, 3.63) is 35.5 Å². The number of anilines is 1. The molecule has 0 spiro atoms. The van der Waals surface area contributed by atoms with Crippen molar-refractivity contribution in [1.29, 1.82) is 0 Å². The van der Waals surface area contributed by atoms with Gasteiger partial charge >= 0.3 is 5.97 Å². The van der Waals surface area contributed by atoms with E-state index in [1.807, 2.05) is 33.8 Å². The minimum absolute atomic E-state index is 0.0468. The highest BCUT2D eigenvalue weighted by molar-refractivity contribution is 9.09. The summed E-state index contributed by atoms with van der Waals surface area (Å²) in [5.41, 5.74) is 5.06. The van der Waals surface area contributed by atoms with Gasteiger partial charge in [0.05, 0.1) is 30.9 Å². The normalized spacial score (nSPS) is 13.8. The number of ether oxygens (including phenoxy) is 2. The second-order valence-corrected chi connectivity index (χ2v) is 8.85. The number of rotatable bonds is 8. The number of aliphatic hydroxyl groups is 1. The van der Waals surface area contributed by atoms with Crippen LogP contribution in [0.25, 0.3) is 11.0 Å². The first kappa shape index (κ1) is 35.7. The van der Waals surface area contributed by atoms with E-state index in [-0.39, 0.29) is 12.6 Å². The summed E-state index contributed by atoms with van der Waals surface area (Å²) in [5, 5.41) is 15.8. The molecule has 10 heteroatoms. The van der Waals surface area contributed by atoms with E-state index in [4.69, 9.17) is 14.8 Å². The first-order chi connectivity index (χ1) is 18.3. The summed E-state index contributed by atoms with van der Waals surface area (Å²) in [7, 11) is 3.78. The highest BCUT2D eigenvalue weighted by Crippen LogP contribution is 2.21. The lowest BCUT2D eigenvalue weighted by Gasteiger charge is -2.24. The molecular weight excluding hydrogens is 550 g/mol. The number of aliphatic hydroxyl groups excluding tert-OH is 1. The number of fused-ring (bicyclic) bond motifs is 1. The topological polar surface area (TPSA) is 110 Å². The van der Waals surface area contributed by atoms with Gasteiger partial charge in [-0.1, -0.05) is 41.9 Å². The fourth-order valence-corrected chi connectivity index (χ4v) is 3.53. The highest BCUT2D eigenvalue weighted by atomic mass is 79.9. The summed E-state index contributed by atoms with van der Waals surface area (Å²) < 4.78 is 11.8. The number of halogens is 1. The van der Waals surface area contributed by atoms with Crippen molar-refractivity contribution in [2.75, 3.05) is 44.1 Å². The molecule has 0 atom stereocenters. The molecule has 0 amide bonds. The van der Waals surface area contributed by atoms with Crippen molar-refractivity contribution in [1.82, 2.24) is 14.9 Å². The van der Waals surface area contributed by atoms with Gasteiger partial charge in [0.25, 0.3) is 0 Å². The Morgan fingerprint density at radius 3 is 2.47 bits per heavy atom. The Balaban J connectivity index is 0.000000636. The number of imidazole rings is 1. The van der Waals surface area contributed by atoms with Crippen LogP contribution in [0.3, 0.4) is 0 Å². The van der Waals surface area contributed by atoms with Crippen LogP contribution in [0, 0.1) is 0 Å². The number of aryl methyl sites for hydroxylation is 1. The predicted octanol–water partition coefficient (Wildman–Crippen LogP) is 5.22. The van der Waals surface area contributed by atoms with Crippen molar-refractivity contribution in [2.45, 2.75) is 67.0 Å². The molecule has 1 saturated heterocycles. The Bertz CT molecular complexity index is 985. The molecule has 2 heterocycles. The number of alkyl halides is 1. The number of benzene rings is 1. The van der Waals surface area contributed by atoms with Gasteiger partial charge in [-0.2, -0.15) is 0 Å². The summed E-state index contributed by atoms with van der Waals surface area (Å²) in [6.45, 7) is 14.7. The first-order valence-corrected chi connectivity index (χ1v) is 14.3. The van der Waals surface area contributed by atoms with Gasteiger partial charge in [0.15, 0.2) is 0 Å². The molecule has 1 aliphatic rings. The SMILES string of the molecule is C/C=C(/C)N=C(C)CO.CC.CCOC(=O)CBr.COCc1ccc2nc(NC3CCNCC3)n(C)c2c1. The van der Waals surface area contributed by atoms with Gasteiger partial charge in [-0.25, -0.2) is 4.98 Å². The van der Waals surface area contributed by atoms with Crippen molar-refractivity contribution in [2.24, 2.45) is 12.0 Å². The maximum atomic E-state index is 10.1. The minimum Gasteiger partial charge on any atom is -0.465 e. The van der Waals surface area contributed by atoms with E-state index in [0.29, 0.717) is 24.6 Å². The summed E-state index contributed by atoms with van der Waals surface area (Å²) in [6, 6.07) is 6.81. The third kappa shape index (κ3) is 14.0. The van der Waals surface area contributed by atoms with E-state index < -0.39 is 0 Å². The van der Waals surface area contributed by atoms with Crippen molar-refractivity contribution < 1.29 is 19.4 Å². The van der Waals surface area contributed by atoms with E-state index in [9.17, 15) is 4.79 Å². The molecule has 2 aromatic rings. The Labute approximate surface area is 237 Å². The first-order valence-electron chi connectivity index (χ1n) is 13.2. The number of aliphatic imine (C=N–C) groups is 1. The molecule has 216 valence electrons. The number of methoxy groups -OCH3 is 1. The molecule has 9 nitrogen and oxygen atoms in total. The van der Waals surface area contributed by atoms with E-state index in [1.165, 1.54) is 5.56 Å². The third-order valence-corrected chi connectivity index (χ3v) is 5.81. The number of allylic oxidation sites excluding steroid dienone is 2. The summed E-state index contributed by atoms with van der Waals surface area (Å²) in [5.74, 6) is 0.754. The number of hydrogen-bond donors (Lipinski definition) is 3. The van der Waals surface area contributed by atoms with Crippen LogP contribution in [0.5, 0.6) is 0 Å². The molecule has 0 bridgehead atoms. The molecule has 0 saturated carbocycles. The second-order valence-electron chi connectivity index (χ2n) is 8.29. The molecule has 0 unspecified atom stereocenters. The van der Waals surface area contributed by atoms with Crippen LogP contribution in [0.15, 0.2) is 35.0 Å². The zero-order valence-electron chi connectivity index (χ0n) is 24.4. The zero-order chi connectivity index (χ0) is 28.9. The van der Waals surface area contributed by atoms with Crippen LogP contribution in [0.1, 0.15) is 59.9 Å². The number of piperidine rings is 1. The number of carbonyl (C=O) groups excluding carboxylic acids is 1. The van der Waals surface area contributed by atoms with Crippen molar-refractivity contribution in [3.8, 4) is 0 Å². The van der Waals surface area contributed by atoms with Gasteiger partial charge in [0, 0.05) is 31.6 Å². The van der Waals surface area contributed by atoms with E-state index >= 15 is 0 Å². The van der Waals surface area contributed by atoms with E-state index in [1.54, 1.807) is 21.0 Å². The lowest BCUT2D eigenvalue weighted by atomic mass is 10.1. The van der Waals surface area contributed by atoms with Gasteiger partial charge in [0.2, 0.25) is 5.95 Å². The van der Waals surface area contributed by atoms with Crippen molar-refractivity contribution >= 4 is 44.6 Å². The average Bonchev–Trinajstić information content (AvgIpc) is 3.25. The quantitative estimate of drug-likeness (QED) is 0.217. The van der Waals surface area contributed by atoms with Crippen LogP contribution in [0.2, 0.25) is 0 Å². The smallest absolute Gasteiger partial charge is 0.316 e. The number of nitrogens with one attached hydrogen (secondary N) is 2. The number of nitrogens with zero attached hydrogens (tertiary/aromatic N) is 3. The molecule has 0 radical (unpaired) electrons. The lowest BCUT2D eigenvalue weighted by molar-refractivity contribution is -0.139. The molecule has 3 rings (SSSR count). The van der Waals surface area contributed by atoms with Crippen molar-refractivity contribution in [3.63, 3.8) is 0 Å². The predicted molar refractivity (Wildman–Crippen MR) is 162 cm³/mol. The van der Waals surface area contributed by atoms with Crippen LogP contribution in [-0.4, -0.2) is 71.1 Å². The highest BCUT2D eigenvalue weighted by Gasteiger charge is 2.16. The Hall–Kier alpha value is -2.27. The maximum Gasteiger partial charge on any atom is 0.316 e. The summed E-state index contributed by atoms with van der Waals surface area (Å²) in [6.07, 6.45) is 4.20. The summed E-state index contributed by atoms with van der Waals surface area (Å²) in [4.78, 5) is 18.9. The Morgan fingerprint density at radius 1 is 1.32 bits per heavy atom. The molecule has 0 aliphatic carbocycles.